The van der Waals surface area contributed by atoms with Gasteiger partial charge in [-0.05, 0) is 13.0 Å². The third-order valence-corrected chi connectivity index (χ3v) is 4.93. The number of carbonyl (C=O) groups is 1. The number of carbonyl (C=O) groups excluding carboxylic acids is 1. The molecule has 0 aromatic carbocycles. The summed E-state index contributed by atoms with van der Waals surface area (Å²) >= 11 is 6.04. The summed E-state index contributed by atoms with van der Waals surface area (Å²) in [5.74, 6) is -0.862. The van der Waals surface area contributed by atoms with Gasteiger partial charge in [-0.25, -0.2) is 0 Å². The van der Waals surface area contributed by atoms with Gasteiger partial charge >= 0.3 is 0 Å². The lowest BCUT2D eigenvalue weighted by atomic mass is 9.99. The molecular formula is C16H24ClN7O3. The van der Waals surface area contributed by atoms with Crippen LogP contribution in [0.2, 0.25) is 0 Å². The third kappa shape index (κ3) is 5.11. The van der Waals surface area contributed by atoms with Crippen molar-refractivity contribution in [1.82, 2.24) is 20.9 Å². The molecule has 2 aliphatic rings. The number of halogens is 1. The highest BCUT2D eigenvalue weighted by Crippen LogP contribution is 2.26. The Hall–Kier alpha value is -1.85. The summed E-state index contributed by atoms with van der Waals surface area (Å²) in [6.07, 6.45) is 2.26. The average molecular weight is 398 g/mol. The maximum absolute atomic E-state index is 12.9. The molecule has 0 bridgehead atoms. The van der Waals surface area contributed by atoms with Crippen LogP contribution in [0.1, 0.15) is 6.42 Å². The van der Waals surface area contributed by atoms with Gasteiger partial charge in [0.1, 0.15) is 23.5 Å². The van der Waals surface area contributed by atoms with Crippen molar-refractivity contribution >= 4 is 23.2 Å². The minimum atomic E-state index is -1.22. The van der Waals surface area contributed by atoms with Crippen molar-refractivity contribution in [2.24, 2.45) is 16.8 Å². The first-order chi connectivity index (χ1) is 13.1. The highest BCUT2D eigenvalue weighted by molar-refractivity contribution is 6.21. The van der Waals surface area contributed by atoms with Gasteiger partial charge in [0.2, 0.25) is 5.91 Å². The molecule has 0 spiro atoms. The van der Waals surface area contributed by atoms with Gasteiger partial charge in [0.15, 0.2) is 6.17 Å². The second-order valence-electron chi connectivity index (χ2n) is 6.61. The summed E-state index contributed by atoms with van der Waals surface area (Å²) in [6, 6.07) is 1.69. The van der Waals surface area contributed by atoms with Gasteiger partial charge in [0, 0.05) is 31.9 Å². The Morgan fingerprint density at radius 1 is 1.41 bits per heavy atom. The fourth-order valence-electron chi connectivity index (χ4n) is 3.18. The normalized spacial score (nSPS) is 27.6. The zero-order valence-electron chi connectivity index (χ0n) is 14.7. The number of nitrogens with one attached hydrogen (secondary N) is 4. The van der Waals surface area contributed by atoms with Crippen molar-refractivity contribution in [1.29, 1.82) is 0 Å². The Labute approximate surface area is 161 Å². The number of anilines is 1. The number of alkyl halides is 1. The topological polar surface area (TPSA) is 143 Å². The van der Waals surface area contributed by atoms with Crippen LogP contribution in [0.15, 0.2) is 23.6 Å². The number of pyridine rings is 1. The molecule has 2 saturated heterocycles. The number of rotatable bonds is 7. The number of ether oxygens (including phenoxy) is 1. The molecule has 1 amide bonds. The Balaban J connectivity index is 1.72. The SMILES string of the molecule is NC(N=O)C(C(=O)Nc1cnccc1O[C@@H]1CCNC1)C1NCC(Cl)CN1. The molecule has 0 saturated carbocycles. The predicted molar refractivity (Wildman–Crippen MR) is 101 cm³/mol. The van der Waals surface area contributed by atoms with Crippen molar-refractivity contribution in [2.75, 3.05) is 31.5 Å². The molecule has 3 atom stereocenters. The summed E-state index contributed by atoms with van der Waals surface area (Å²) < 4.78 is 5.95. The molecule has 148 valence electrons. The summed E-state index contributed by atoms with van der Waals surface area (Å²) in [7, 11) is 0. The van der Waals surface area contributed by atoms with E-state index in [2.05, 4.69) is 31.4 Å². The predicted octanol–water partition coefficient (Wildman–Crippen LogP) is -0.445. The molecule has 3 heterocycles. The molecule has 0 radical (unpaired) electrons. The van der Waals surface area contributed by atoms with Crippen molar-refractivity contribution in [2.45, 2.75) is 30.2 Å². The molecule has 6 N–H and O–H groups in total. The Morgan fingerprint density at radius 2 is 2.19 bits per heavy atom. The average Bonchev–Trinajstić information content (AvgIpc) is 3.18. The maximum Gasteiger partial charge on any atom is 0.234 e. The molecule has 11 heteroatoms. The van der Waals surface area contributed by atoms with Gasteiger partial charge in [-0.3, -0.25) is 20.4 Å². The van der Waals surface area contributed by atoms with Gasteiger partial charge in [-0.1, -0.05) is 5.18 Å². The van der Waals surface area contributed by atoms with Crippen molar-refractivity contribution in [3.05, 3.63) is 23.4 Å². The van der Waals surface area contributed by atoms with E-state index in [4.69, 9.17) is 22.1 Å². The van der Waals surface area contributed by atoms with Crippen LogP contribution in [0.25, 0.3) is 0 Å². The number of hydrogen-bond acceptors (Lipinski definition) is 9. The van der Waals surface area contributed by atoms with Crippen LogP contribution in [0.3, 0.4) is 0 Å². The number of amides is 1. The monoisotopic (exact) mass is 397 g/mol. The van der Waals surface area contributed by atoms with Crippen molar-refractivity contribution < 1.29 is 9.53 Å². The summed E-state index contributed by atoms with van der Waals surface area (Å²) in [4.78, 5) is 28.0. The quantitative estimate of drug-likeness (QED) is 0.307. The van der Waals surface area contributed by atoms with Crippen LogP contribution >= 0.6 is 11.6 Å². The lowest BCUT2D eigenvalue weighted by Gasteiger charge is -2.34. The molecule has 27 heavy (non-hydrogen) atoms. The minimum Gasteiger partial charge on any atom is -0.487 e. The highest BCUT2D eigenvalue weighted by atomic mass is 35.5. The van der Waals surface area contributed by atoms with E-state index in [1.165, 1.54) is 6.20 Å². The van der Waals surface area contributed by atoms with E-state index in [0.29, 0.717) is 24.5 Å². The lowest BCUT2D eigenvalue weighted by molar-refractivity contribution is -0.121. The highest BCUT2D eigenvalue weighted by Gasteiger charge is 2.37. The van der Waals surface area contributed by atoms with Crippen molar-refractivity contribution in [3.8, 4) is 5.75 Å². The number of hydrogen-bond donors (Lipinski definition) is 5. The second kappa shape index (κ2) is 9.38. The molecule has 3 rings (SSSR count). The van der Waals surface area contributed by atoms with E-state index in [1.807, 2.05) is 0 Å². The van der Waals surface area contributed by atoms with Crippen LogP contribution in [-0.4, -0.2) is 60.9 Å². The fourth-order valence-corrected chi connectivity index (χ4v) is 3.36. The van der Waals surface area contributed by atoms with Gasteiger partial charge in [-0.15, -0.1) is 16.5 Å². The molecule has 2 aliphatic heterocycles. The maximum atomic E-state index is 12.9. The summed E-state index contributed by atoms with van der Waals surface area (Å²) in [5, 5.41) is 14.9. The van der Waals surface area contributed by atoms with Crippen molar-refractivity contribution in [3.63, 3.8) is 0 Å². The van der Waals surface area contributed by atoms with Crippen LogP contribution < -0.4 is 31.7 Å². The van der Waals surface area contributed by atoms with Crippen LogP contribution in [0.4, 0.5) is 5.69 Å². The molecule has 2 fully saturated rings. The van der Waals surface area contributed by atoms with Gasteiger partial charge in [0.05, 0.1) is 17.7 Å². The summed E-state index contributed by atoms with van der Waals surface area (Å²) in [5.41, 5.74) is 6.22. The third-order valence-electron chi connectivity index (χ3n) is 4.62. The first-order valence-corrected chi connectivity index (χ1v) is 9.33. The first kappa shape index (κ1) is 19.9. The molecule has 10 nitrogen and oxygen atoms in total. The van der Waals surface area contributed by atoms with Gasteiger partial charge < -0.3 is 21.1 Å². The summed E-state index contributed by atoms with van der Waals surface area (Å²) in [6.45, 7) is 2.61. The van der Waals surface area contributed by atoms with E-state index < -0.39 is 24.2 Å². The number of nitrogens with two attached hydrogens (primary N) is 1. The number of aromatic nitrogens is 1. The van der Waals surface area contributed by atoms with Crippen LogP contribution in [-0.2, 0) is 4.79 Å². The standard InChI is InChI=1S/C16H24ClN7O3/c17-9-5-21-15(22-6-9)13(14(18)24-26)16(25)23-11-8-20-4-2-12(11)27-10-1-3-19-7-10/h2,4,8-10,13-15,19,21-22H,1,3,5-7,18H2,(H,23,25)/t9?,10-,13?,14?,15?/m1/s1. The van der Waals surface area contributed by atoms with Crippen LogP contribution in [0.5, 0.6) is 5.75 Å². The van der Waals surface area contributed by atoms with E-state index in [-0.39, 0.29) is 11.5 Å². The largest absolute Gasteiger partial charge is 0.487 e. The molecule has 2 unspecified atom stereocenters. The number of nitroso groups, excluding NO2 is 1. The molecular weight excluding hydrogens is 374 g/mol. The first-order valence-electron chi connectivity index (χ1n) is 8.89. The minimum absolute atomic E-state index is 0.0279. The van der Waals surface area contributed by atoms with Crippen LogP contribution in [0, 0.1) is 10.8 Å². The molecule has 1 aromatic heterocycles. The fraction of sp³-hybridized carbons (Fsp3) is 0.625. The second-order valence-corrected chi connectivity index (χ2v) is 7.22. The molecule has 0 aliphatic carbocycles. The van der Waals surface area contributed by atoms with Gasteiger partial charge in [0.25, 0.3) is 0 Å². The van der Waals surface area contributed by atoms with E-state index in [1.54, 1.807) is 12.3 Å². The Kier molecular flexibility index (Phi) is 6.91. The smallest absolute Gasteiger partial charge is 0.234 e. The van der Waals surface area contributed by atoms with E-state index in [9.17, 15) is 9.70 Å². The van der Waals surface area contributed by atoms with E-state index >= 15 is 0 Å². The van der Waals surface area contributed by atoms with E-state index in [0.717, 1.165) is 19.5 Å². The molecule has 1 aromatic rings. The Morgan fingerprint density at radius 3 is 2.85 bits per heavy atom. The van der Waals surface area contributed by atoms with Gasteiger partial charge in [-0.2, -0.15) is 0 Å². The number of nitrogens with zero attached hydrogens (tertiary/aromatic N) is 2. The lowest BCUT2D eigenvalue weighted by Crippen LogP contribution is -2.62. The zero-order chi connectivity index (χ0) is 19.2. The zero-order valence-corrected chi connectivity index (χ0v) is 15.5. The Bertz CT molecular complexity index is 651.